The molecule has 2 aliphatic rings. The van der Waals surface area contributed by atoms with Crippen molar-refractivity contribution in [3.8, 4) is 0 Å². The van der Waals surface area contributed by atoms with Gasteiger partial charge >= 0.3 is 5.97 Å². The molecule has 2 fully saturated rings. The highest BCUT2D eigenvalue weighted by Crippen LogP contribution is 2.29. The topological polar surface area (TPSA) is 49.8 Å². The number of rotatable bonds is 5. The van der Waals surface area contributed by atoms with Crippen LogP contribution >= 0.6 is 0 Å². The first kappa shape index (κ1) is 14.8. The van der Waals surface area contributed by atoms with Crippen LogP contribution in [0, 0.1) is 5.92 Å². The fourth-order valence-corrected chi connectivity index (χ4v) is 3.45. The number of ether oxygens (including phenoxy) is 1. The number of carboxylic acid groups (broad SMARTS) is 1. The van der Waals surface area contributed by atoms with Crippen LogP contribution in [-0.4, -0.2) is 47.8 Å². The molecular weight excluding hydrogens is 242 g/mol. The van der Waals surface area contributed by atoms with Gasteiger partial charge in [-0.3, -0.25) is 4.79 Å². The Morgan fingerprint density at radius 2 is 2.00 bits per heavy atom. The molecule has 0 aromatic heterocycles. The zero-order valence-corrected chi connectivity index (χ0v) is 12.0. The Balaban J connectivity index is 1.65. The monoisotopic (exact) mass is 269 g/mol. The summed E-state index contributed by atoms with van der Waals surface area (Å²) in [5, 5.41) is 8.59. The molecule has 4 nitrogen and oxygen atoms in total. The first-order valence-electron chi connectivity index (χ1n) is 7.72. The Labute approximate surface area is 116 Å². The smallest absolute Gasteiger partial charge is 0.305 e. The van der Waals surface area contributed by atoms with Gasteiger partial charge in [0.2, 0.25) is 0 Å². The first-order valence-corrected chi connectivity index (χ1v) is 7.72. The molecule has 0 bridgehead atoms. The summed E-state index contributed by atoms with van der Waals surface area (Å²) in [6.45, 7) is 4.97. The van der Waals surface area contributed by atoms with Gasteiger partial charge in [0, 0.05) is 19.1 Å². The Morgan fingerprint density at radius 3 is 2.63 bits per heavy atom. The van der Waals surface area contributed by atoms with E-state index in [9.17, 15) is 4.79 Å². The van der Waals surface area contributed by atoms with Crippen LogP contribution in [0.15, 0.2) is 0 Å². The molecule has 1 heterocycles. The second kappa shape index (κ2) is 7.25. The third kappa shape index (κ3) is 4.77. The molecule has 2 unspecified atom stereocenters. The van der Waals surface area contributed by atoms with Gasteiger partial charge in [-0.25, -0.2) is 0 Å². The van der Waals surface area contributed by atoms with Gasteiger partial charge in [-0.1, -0.05) is 19.8 Å². The van der Waals surface area contributed by atoms with Crippen molar-refractivity contribution in [1.29, 1.82) is 0 Å². The zero-order chi connectivity index (χ0) is 13.7. The van der Waals surface area contributed by atoms with Crippen molar-refractivity contribution in [3.63, 3.8) is 0 Å². The maximum absolute atomic E-state index is 10.4. The molecule has 1 saturated carbocycles. The lowest BCUT2D eigenvalue weighted by atomic mass is 9.85. The third-order valence-electron chi connectivity index (χ3n) is 4.57. The SMILES string of the molecule is CC1CCCC(N2CCC(OCCC(=O)O)CC2)C1. The van der Waals surface area contributed by atoms with Gasteiger partial charge in [-0.05, 0) is 31.6 Å². The summed E-state index contributed by atoms with van der Waals surface area (Å²) in [6, 6.07) is 0.781. The molecule has 2 rings (SSSR count). The van der Waals surface area contributed by atoms with Crippen LogP contribution in [0.25, 0.3) is 0 Å². The molecule has 1 N–H and O–H groups in total. The maximum Gasteiger partial charge on any atom is 0.305 e. The Bertz CT molecular complexity index is 287. The van der Waals surface area contributed by atoms with Crippen molar-refractivity contribution in [2.45, 2.75) is 64.0 Å². The summed E-state index contributed by atoms with van der Waals surface area (Å²) in [7, 11) is 0. The van der Waals surface area contributed by atoms with Gasteiger partial charge in [0.05, 0.1) is 19.1 Å². The molecule has 0 aromatic carbocycles. The van der Waals surface area contributed by atoms with E-state index in [-0.39, 0.29) is 12.5 Å². The number of carboxylic acids is 1. The van der Waals surface area contributed by atoms with Crippen molar-refractivity contribution in [2.75, 3.05) is 19.7 Å². The predicted molar refractivity (Wildman–Crippen MR) is 74.2 cm³/mol. The molecule has 0 radical (unpaired) electrons. The molecule has 0 amide bonds. The zero-order valence-electron chi connectivity index (χ0n) is 12.0. The van der Waals surface area contributed by atoms with Gasteiger partial charge < -0.3 is 14.7 Å². The van der Waals surface area contributed by atoms with Crippen LogP contribution in [0.1, 0.15) is 51.9 Å². The van der Waals surface area contributed by atoms with E-state index < -0.39 is 5.97 Å². The predicted octanol–water partition coefficient (Wildman–Crippen LogP) is 2.52. The highest BCUT2D eigenvalue weighted by atomic mass is 16.5. The fourth-order valence-electron chi connectivity index (χ4n) is 3.45. The lowest BCUT2D eigenvalue weighted by Crippen LogP contribution is -2.45. The quantitative estimate of drug-likeness (QED) is 0.833. The number of carbonyl (C=O) groups is 1. The first-order chi connectivity index (χ1) is 9.15. The van der Waals surface area contributed by atoms with Crippen LogP contribution in [0.4, 0.5) is 0 Å². The summed E-state index contributed by atoms with van der Waals surface area (Å²) in [5.74, 6) is 0.108. The minimum Gasteiger partial charge on any atom is -0.481 e. The van der Waals surface area contributed by atoms with Gasteiger partial charge in [0.15, 0.2) is 0 Å². The van der Waals surface area contributed by atoms with Crippen molar-refractivity contribution in [1.82, 2.24) is 4.90 Å². The Hall–Kier alpha value is -0.610. The van der Waals surface area contributed by atoms with Crippen LogP contribution < -0.4 is 0 Å². The van der Waals surface area contributed by atoms with Crippen molar-refractivity contribution in [2.24, 2.45) is 5.92 Å². The molecular formula is C15H27NO3. The summed E-state index contributed by atoms with van der Waals surface area (Å²) in [5.41, 5.74) is 0. The number of piperidine rings is 1. The van der Waals surface area contributed by atoms with Gasteiger partial charge in [-0.2, -0.15) is 0 Å². The lowest BCUT2D eigenvalue weighted by molar-refractivity contribution is -0.138. The molecule has 1 aliphatic heterocycles. The number of nitrogens with zero attached hydrogens (tertiary/aromatic N) is 1. The average molecular weight is 269 g/mol. The molecule has 110 valence electrons. The molecule has 1 saturated heterocycles. The minimum atomic E-state index is -0.770. The Kier molecular flexibility index (Phi) is 5.64. The van der Waals surface area contributed by atoms with E-state index in [0.29, 0.717) is 6.61 Å². The molecule has 0 spiro atoms. The lowest BCUT2D eigenvalue weighted by Gasteiger charge is -2.40. The standard InChI is InChI=1S/C15H27NO3/c1-12-3-2-4-13(11-12)16-8-5-14(6-9-16)19-10-7-15(17)18/h12-14H,2-11H2,1H3,(H,17,18). The van der Waals surface area contributed by atoms with E-state index in [2.05, 4.69) is 11.8 Å². The van der Waals surface area contributed by atoms with Crippen LogP contribution in [0.2, 0.25) is 0 Å². The van der Waals surface area contributed by atoms with Crippen LogP contribution in [-0.2, 0) is 9.53 Å². The third-order valence-corrected chi connectivity index (χ3v) is 4.57. The number of likely N-dealkylation sites (tertiary alicyclic amines) is 1. The second-order valence-corrected chi connectivity index (χ2v) is 6.18. The van der Waals surface area contributed by atoms with Crippen molar-refractivity contribution in [3.05, 3.63) is 0 Å². The van der Waals surface area contributed by atoms with E-state index in [4.69, 9.17) is 9.84 Å². The van der Waals surface area contributed by atoms with Gasteiger partial charge in [-0.15, -0.1) is 0 Å². The highest BCUT2D eigenvalue weighted by molar-refractivity contribution is 5.66. The Morgan fingerprint density at radius 1 is 1.26 bits per heavy atom. The van der Waals surface area contributed by atoms with Crippen LogP contribution in [0.3, 0.4) is 0 Å². The van der Waals surface area contributed by atoms with E-state index in [1.165, 1.54) is 25.7 Å². The minimum absolute atomic E-state index is 0.125. The molecule has 1 aliphatic carbocycles. The summed E-state index contributed by atoms with van der Waals surface area (Å²) < 4.78 is 5.64. The molecule has 19 heavy (non-hydrogen) atoms. The normalized spacial score (nSPS) is 30.4. The molecule has 2 atom stereocenters. The van der Waals surface area contributed by atoms with Crippen LogP contribution in [0.5, 0.6) is 0 Å². The highest BCUT2D eigenvalue weighted by Gasteiger charge is 2.28. The largest absolute Gasteiger partial charge is 0.481 e. The van der Waals surface area contributed by atoms with E-state index in [1.54, 1.807) is 0 Å². The summed E-state index contributed by atoms with van der Waals surface area (Å²) in [4.78, 5) is 13.1. The number of hydrogen-bond acceptors (Lipinski definition) is 3. The number of aliphatic carboxylic acids is 1. The molecule has 0 aromatic rings. The summed E-state index contributed by atoms with van der Waals surface area (Å²) in [6.07, 6.45) is 8.00. The summed E-state index contributed by atoms with van der Waals surface area (Å²) >= 11 is 0. The van der Waals surface area contributed by atoms with E-state index in [0.717, 1.165) is 37.9 Å². The van der Waals surface area contributed by atoms with Crippen molar-refractivity contribution >= 4 is 5.97 Å². The van der Waals surface area contributed by atoms with Crippen molar-refractivity contribution < 1.29 is 14.6 Å². The fraction of sp³-hybridized carbons (Fsp3) is 0.933. The second-order valence-electron chi connectivity index (χ2n) is 6.18. The van der Waals surface area contributed by atoms with E-state index in [1.807, 2.05) is 0 Å². The maximum atomic E-state index is 10.4. The van der Waals surface area contributed by atoms with Gasteiger partial charge in [0.1, 0.15) is 0 Å². The number of hydrogen-bond donors (Lipinski definition) is 1. The van der Waals surface area contributed by atoms with E-state index >= 15 is 0 Å². The average Bonchev–Trinajstić information content (AvgIpc) is 2.39. The van der Waals surface area contributed by atoms with Gasteiger partial charge in [0.25, 0.3) is 0 Å². The molecule has 4 heteroatoms.